The summed E-state index contributed by atoms with van der Waals surface area (Å²) in [5.74, 6) is -2.05. The number of aromatic nitrogens is 2. The van der Waals surface area contributed by atoms with E-state index in [-0.39, 0.29) is 28.2 Å². The average molecular weight is 651 g/mol. The van der Waals surface area contributed by atoms with E-state index in [1.165, 1.54) is 18.3 Å². The highest BCUT2D eigenvalue weighted by Crippen LogP contribution is 2.39. The van der Waals surface area contributed by atoms with Crippen molar-refractivity contribution in [3.63, 3.8) is 0 Å². The van der Waals surface area contributed by atoms with E-state index < -0.39 is 17.2 Å². The summed E-state index contributed by atoms with van der Waals surface area (Å²) in [6.45, 7) is 6.28. The maximum atomic E-state index is 14.6. The van der Waals surface area contributed by atoms with Crippen molar-refractivity contribution in [3.8, 4) is 0 Å². The fraction of sp³-hybridized carbons (Fsp3) is 0.441. The quantitative estimate of drug-likeness (QED) is 0.257. The van der Waals surface area contributed by atoms with Gasteiger partial charge in [0.2, 0.25) is 5.43 Å². The lowest BCUT2D eigenvalue weighted by atomic mass is 10.1. The molecule has 2 aliphatic heterocycles. The molecule has 2 saturated carbocycles. The predicted molar refractivity (Wildman–Crippen MR) is 178 cm³/mol. The van der Waals surface area contributed by atoms with Crippen LogP contribution in [0.15, 0.2) is 52.3 Å². The third-order valence-corrected chi connectivity index (χ3v) is 9.12. The molecule has 2 saturated heterocycles. The summed E-state index contributed by atoms with van der Waals surface area (Å²) in [6.07, 6.45) is 7.41. The molecule has 8 rings (SSSR count). The summed E-state index contributed by atoms with van der Waals surface area (Å²) < 4.78 is 33.0. The number of nitrogens with one attached hydrogen (secondary N) is 2. The zero-order valence-corrected chi connectivity index (χ0v) is 26.3. The number of nitrogens with zero attached hydrogens (tertiary/aromatic N) is 4. The number of halogens is 2. The summed E-state index contributed by atoms with van der Waals surface area (Å²) >= 11 is 0. The highest BCUT2D eigenvalue weighted by Gasteiger charge is 2.28. The van der Waals surface area contributed by atoms with E-state index in [1.54, 1.807) is 12.1 Å². The second-order valence-electron chi connectivity index (χ2n) is 12.2. The third-order valence-electron chi connectivity index (χ3n) is 9.12. The molecule has 4 aromatic rings. The second kappa shape index (κ2) is 13.8. The van der Waals surface area contributed by atoms with Crippen LogP contribution in [0.4, 0.5) is 20.2 Å². The maximum absolute atomic E-state index is 14.6. The Labute approximate surface area is 270 Å². The maximum Gasteiger partial charge on any atom is 0.341 e. The van der Waals surface area contributed by atoms with Gasteiger partial charge in [-0.05, 0) is 49.9 Å². The molecule has 0 bridgehead atoms. The number of piperazine rings is 2. The van der Waals surface area contributed by atoms with Crippen molar-refractivity contribution in [1.82, 2.24) is 19.8 Å². The topological polar surface area (TPSA) is 132 Å². The molecule has 4 aliphatic rings. The van der Waals surface area contributed by atoms with Gasteiger partial charge in [-0.3, -0.25) is 9.59 Å². The molecule has 0 atom stereocenters. The van der Waals surface area contributed by atoms with Crippen LogP contribution >= 0.6 is 0 Å². The van der Waals surface area contributed by atoms with E-state index in [0.29, 0.717) is 41.4 Å². The monoisotopic (exact) mass is 650 g/mol. The van der Waals surface area contributed by atoms with Crippen LogP contribution in [-0.2, 0) is 0 Å². The van der Waals surface area contributed by atoms with Crippen LogP contribution in [0.5, 0.6) is 0 Å². The number of carboxylic acids is 1. The molecule has 0 radical (unpaired) electrons. The molecule has 2 aromatic carbocycles. The number of hydrogen-bond acceptors (Lipinski definition) is 8. The van der Waals surface area contributed by atoms with Gasteiger partial charge in [-0.2, -0.15) is 0 Å². The Balaban J connectivity index is 0.000000157. The van der Waals surface area contributed by atoms with Gasteiger partial charge in [0.15, 0.2) is 5.43 Å². The highest BCUT2D eigenvalue weighted by atomic mass is 19.1. The van der Waals surface area contributed by atoms with Crippen LogP contribution in [0.1, 0.15) is 48.1 Å². The minimum Gasteiger partial charge on any atom is -0.477 e. The van der Waals surface area contributed by atoms with Crippen molar-refractivity contribution in [2.24, 2.45) is 0 Å². The number of anilines is 2. The van der Waals surface area contributed by atoms with Gasteiger partial charge in [-0.1, -0.05) is 0 Å². The first-order valence-corrected chi connectivity index (χ1v) is 16.1. The Morgan fingerprint density at radius 3 is 1.70 bits per heavy atom. The van der Waals surface area contributed by atoms with Crippen molar-refractivity contribution in [3.05, 3.63) is 80.4 Å². The molecular formula is C34H40F2N6O5. The van der Waals surface area contributed by atoms with Crippen LogP contribution in [0, 0.1) is 11.6 Å². The minimum absolute atomic E-state index is 0.104. The molecule has 4 fully saturated rings. The van der Waals surface area contributed by atoms with E-state index >= 15 is 0 Å². The number of fused-ring (bicyclic) bond motifs is 2. The smallest absolute Gasteiger partial charge is 0.341 e. The summed E-state index contributed by atoms with van der Waals surface area (Å²) in [7, 11) is 1.00. The normalized spacial score (nSPS) is 18.0. The average Bonchev–Trinajstić information content (AvgIpc) is 4.02. The highest BCUT2D eigenvalue weighted by molar-refractivity contribution is 5.93. The van der Waals surface area contributed by atoms with Gasteiger partial charge in [0.25, 0.3) is 0 Å². The van der Waals surface area contributed by atoms with Crippen LogP contribution in [0.2, 0.25) is 0 Å². The summed E-state index contributed by atoms with van der Waals surface area (Å²) in [5.41, 5.74) is 1.53. The Morgan fingerprint density at radius 2 is 1.21 bits per heavy atom. The van der Waals surface area contributed by atoms with Crippen molar-refractivity contribution in [2.75, 3.05) is 69.3 Å². The lowest BCUT2D eigenvalue weighted by Gasteiger charge is -2.30. The Kier molecular flexibility index (Phi) is 9.57. The number of carbonyl (C=O) groups is 1. The molecule has 0 unspecified atom stereocenters. The number of aromatic carboxylic acids is 1. The van der Waals surface area contributed by atoms with Crippen LogP contribution in [0.3, 0.4) is 0 Å². The van der Waals surface area contributed by atoms with Gasteiger partial charge in [-0.25, -0.2) is 13.6 Å². The van der Waals surface area contributed by atoms with Crippen molar-refractivity contribution in [2.45, 2.75) is 37.8 Å². The number of carboxylic acid groups (broad SMARTS) is 1. The first-order chi connectivity index (χ1) is 22.8. The Hall–Kier alpha value is -4.33. The largest absolute Gasteiger partial charge is 0.477 e. The zero-order valence-electron chi connectivity index (χ0n) is 26.3. The number of hydrogen-bond donors (Lipinski definition) is 4. The Bertz CT molecular complexity index is 1910. The second-order valence-corrected chi connectivity index (χ2v) is 12.2. The van der Waals surface area contributed by atoms with Gasteiger partial charge in [0, 0.05) is 101 Å². The van der Waals surface area contributed by atoms with Crippen LogP contribution in [-0.4, -0.2) is 84.8 Å². The van der Waals surface area contributed by atoms with E-state index in [4.69, 9.17) is 5.11 Å². The predicted octanol–water partition coefficient (Wildman–Crippen LogP) is 3.08. The molecule has 2 aliphatic carbocycles. The summed E-state index contributed by atoms with van der Waals surface area (Å²) in [6, 6.07) is 8.36. The fourth-order valence-corrected chi connectivity index (χ4v) is 6.41. The first kappa shape index (κ1) is 32.6. The van der Waals surface area contributed by atoms with Gasteiger partial charge >= 0.3 is 5.97 Å². The number of pyridine rings is 2. The minimum atomic E-state index is -1.28. The van der Waals surface area contributed by atoms with Crippen molar-refractivity contribution >= 4 is 39.1 Å². The molecule has 4 N–H and O–H groups in total. The molecule has 47 heavy (non-hydrogen) atoms. The molecule has 11 nitrogen and oxygen atoms in total. The van der Waals surface area contributed by atoms with Crippen molar-refractivity contribution in [1.29, 1.82) is 0 Å². The molecule has 13 heteroatoms. The molecule has 0 spiro atoms. The van der Waals surface area contributed by atoms with Crippen LogP contribution in [0.25, 0.3) is 21.8 Å². The summed E-state index contributed by atoms with van der Waals surface area (Å²) in [5, 5.41) is 23.4. The van der Waals surface area contributed by atoms with Gasteiger partial charge < -0.3 is 39.8 Å². The van der Waals surface area contributed by atoms with Crippen molar-refractivity contribution < 1.29 is 23.8 Å². The van der Waals surface area contributed by atoms with E-state index in [9.17, 15) is 28.3 Å². The number of benzene rings is 2. The number of aliphatic hydroxyl groups is 1. The van der Waals surface area contributed by atoms with E-state index in [1.807, 2.05) is 21.7 Å². The molecular weight excluding hydrogens is 610 g/mol. The van der Waals surface area contributed by atoms with Gasteiger partial charge in [0.1, 0.15) is 17.2 Å². The van der Waals surface area contributed by atoms with Gasteiger partial charge in [-0.15, -0.1) is 0 Å². The third kappa shape index (κ3) is 6.74. The standard InChI is InChI=1S/C17H18FN3O3.C16H18FN3O.CH4O/c18-13-7-11-14(8-15(13)20-5-3-19-4-6-20)21(10-1-2-10)9-12(16(11)22)17(23)24;17-13-9-12-14(10-15(13)19-7-4-18-5-8-19)20(11-1-2-11)6-3-16(12)21;1-2/h7-10,19H,1-6H2,(H,23,24);3,6,9-11,18H,1-2,4-5,7-8H2;2H,1H3. The lowest BCUT2D eigenvalue weighted by molar-refractivity contribution is 0.0694. The van der Waals surface area contributed by atoms with Crippen LogP contribution < -0.4 is 31.3 Å². The number of rotatable bonds is 5. The van der Waals surface area contributed by atoms with E-state index in [2.05, 4.69) is 20.1 Å². The fourth-order valence-electron chi connectivity index (χ4n) is 6.41. The first-order valence-electron chi connectivity index (χ1n) is 16.1. The molecule has 2 aromatic heterocycles. The molecule has 0 amide bonds. The van der Waals surface area contributed by atoms with E-state index in [0.717, 1.165) is 77.6 Å². The molecule has 250 valence electrons. The zero-order chi connectivity index (χ0) is 33.2. The summed E-state index contributed by atoms with van der Waals surface area (Å²) in [4.78, 5) is 39.8. The molecule has 4 heterocycles. The SMILES string of the molecule is CO.O=C(O)c1cn(C2CC2)c2cc(N3CCNCC3)c(F)cc2c1=O.O=c1ccn(C2CC2)c2cc(N3CCNCC3)c(F)cc12. The lowest BCUT2D eigenvalue weighted by Crippen LogP contribution is -2.43. The Morgan fingerprint density at radius 1 is 0.745 bits per heavy atom. The number of aliphatic hydroxyl groups excluding tert-OH is 1. The van der Waals surface area contributed by atoms with Gasteiger partial charge in [0.05, 0.1) is 22.4 Å².